The van der Waals surface area contributed by atoms with Gasteiger partial charge in [-0.2, -0.15) is 0 Å². The zero-order valence-electron chi connectivity index (χ0n) is 20.4. The highest BCUT2D eigenvalue weighted by Crippen LogP contribution is 2.39. The zero-order valence-corrected chi connectivity index (χ0v) is 20.4. The second-order valence-corrected chi connectivity index (χ2v) is 8.40. The Kier molecular flexibility index (Phi) is 6.58. The summed E-state index contributed by atoms with van der Waals surface area (Å²) >= 11 is 0. The molecule has 0 aliphatic carbocycles. The number of ether oxygens (including phenoxy) is 4. The lowest BCUT2D eigenvalue weighted by Gasteiger charge is -2.37. The first kappa shape index (κ1) is 23.4. The minimum atomic E-state index is -0.364. The summed E-state index contributed by atoms with van der Waals surface area (Å²) in [5.74, 6) is 2.49. The van der Waals surface area contributed by atoms with Gasteiger partial charge in [0.15, 0.2) is 11.5 Å². The number of hydrogen-bond acceptors (Lipinski definition) is 7. The van der Waals surface area contributed by atoms with Gasteiger partial charge in [-0.25, -0.2) is 4.98 Å². The smallest absolute Gasteiger partial charge is 0.274 e. The third-order valence-electron chi connectivity index (χ3n) is 6.40. The highest BCUT2D eigenvalue weighted by atomic mass is 16.5. The van der Waals surface area contributed by atoms with Crippen LogP contribution in [0.5, 0.6) is 23.0 Å². The van der Waals surface area contributed by atoms with Gasteiger partial charge in [0, 0.05) is 6.54 Å². The minimum Gasteiger partial charge on any atom is -0.497 e. The molecule has 1 atom stereocenters. The van der Waals surface area contributed by atoms with Crippen LogP contribution in [0.25, 0.3) is 11.0 Å². The molecular formula is C28H27N3O5. The van der Waals surface area contributed by atoms with Crippen LogP contribution in [0.2, 0.25) is 0 Å². The Morgan fingerprint density at radius 1 is 0.917 bits per heavy atom. The van der Waals surface area contributed by atoms with Gasteiger partial charge in [0.2, 0.25) is 0 Å². The Balaban J connectivity index is 1.50. The van der Waals surface area contributed by atoms with Gasteiger partial charge in [-0.05, 0) is 66.1 Å². The van der Waals surface area contributed by atoms with Crippen LogP contribution in [0.1, 0.15) is 27.7 Å². The van der Waals surface area contributed by atoms with Crippen molar-refractivity contribution in [2.75, 3.05) is 34.5 Å². The summed E-state index contributed by atoms with van der Waals surface area (Å²) in [4.78, 5) is 24.6. The fraction of sp³-hybridized carbons (Fsp3) is 0.250. The summed E-state index contributed by atoms with van der Waals surface area (Å²) in [6.45, 7) is 0.758. The Morgan fingerprint density at radius 2 is 1.61 bits per heavy atom. The number of carbonyl (C=O) groups excluding carboxylic acids is 1. The molecule has 4 aromatic rings. The van der Waals surface area contributed by atoms with Gasteiger partial charge in [0.1, 0.15) is 23.8 Å². The molecule has 8 nitrogen and oxygen atoms in total. The molecule has 1 unspecified atom stereocenters. The Hall–Kier alpha value is -4.33. The van der Waals surface area contributed by atoms with E-state index in [0.717, 1.165) is 22.4 Å². The highest BCUT2D eigenvalue weighted by molar-refractivity contribution is 5.94. The first-order chi connectivity index (χ1) is 17.6. The molecule has 0 radical (unpaired) electrons. The predicted molar refractivity (Wildman–Crippen MR) is 135 cm³/mol. The topological polar surface area (TPSA) is 83.0 Å². The van der Waals surface area contributed by atoms with Crippen LogP contribution in [0.4, 0.5) is 0 Å². The minimum absolute atomic E-state index is 0.197. The van der Waals surface area contributed by atoms with Crippen LogP contribution in [0.15, 0.2) is 66.9 Å². The van der Waals surface area contributed by atoms with Gasteiger partial charge in [-0.1, -0.05) is 12.1 Å². The Morgan fingerprint density at radius 3 is 2.33 bits per heavy atom. The summed E-state index contributed by atoms with van der Waals surface area (Å²) in [6.07, 6.45) is 2.21. The molecule has 0 spiro atoms. The Labute approximate surface area is 209 Å². The molecule has 1 aliphatic rings. The van der Waals surface area contributed by atoms with E-state index in [1.807, 2.05) is 60.7 Å². The van der Waals surface area contributed by atoms with Crippen LogP contribution in [-0.4, -0.2) is 55.3 Å². The first-order valence-electron chi connectivity index (χ1n) is 11.7. The molecule has 8 heteroatoms. The number of fused-ring (bicyclic) bond motifs is 2. The predicted octanol–water partition coefficient (Wildman–Crippen LogP) is 4.47. The van der Waals surface area contributed by atoms with E-state index in [0.29, 0.717) is 41.4 Å². The number of aromatic nitrogens is 2. The number of nitrogens with zero attached hydrogens (tertiary/aromatic N) is 3. The van der Waals surface area contributed by atoms with E-state index in [-0.39, 0.29) is 18.6 Å². The van der Waals surface area contributed by atoms with E-state index >= 15 is 0 Å². The summed E-state index contributed by atoms with van der Waals surface area (Å²) < 4.78 is 22.5. The average Bonchev–Trinajstić information content (AvgIpc) is 2.94. The highest BCUT2D eigenvalue weighted by Gasteiger charge is 2.34. The van der Waals surface area contributed by atoms with Gasteiger partial charge >= 0.3 is 0 Å². The summed E-state index contributed by atoms with van der Waals surface area (Å²) in [5, 5.41) is 0. The first-order valence-corrected chi connectivity index (χ1v) is 11.7. The van der Waals surface area contributed by atoms with Crippen molar-refractivity contribution in [2.45, 2.75) is 12.5 Å². The summed E-state index contributed by atoms with van der Waals surface area (Å²) in [7, 11) is 4.84. The van der Waals surface area contributed by atoms with Crippen molar-refractivity contribution in [2.24, 2.45) is 0 Å². The number of methoxy groups -OCH3 is 3. The summed E-state index contributed by atoms with van der Waals surface area (Å²) in [6, 6.07) is 18.4. The SMILES string of the molecule is COc1ccc(OCC2c3cc(OC)c(OC)cc3CCN2C(=O)c2cnc3ccccc3n2)cc1. The molecule has 1 amide bonds. The number of para-hydroxylation sites is 2. The maximum absolute atomic E-state index is 13.7. The fourth-order valence-electron chi connectivity index (χ4n) is 4.51. The molecule has 3 aromatic carbocycles. The van der Waals surface area contributed by atoms with E-state index < -0.39 is 0 Å². The second kappa shape index (κ2) is 10.1. The van der Waals surface area contributed by atoms with E-state index in [1.165, 1.54) is 6.20 Å². The van der Waals surface area contributed by atoms with E-state index in [2.05, 4.69) is 9.97 Å². The third-order valence-corrected chi connectivity index (χ3v) is 6.40. The van der Waals surface area contributed by atoms with Crippen LogP contribution in [-0.2, 0) is 6.42 Å². The number of rotatable bonds is 7. The van der Waals surface area contributed by atoms with Crippen LogP contribution in [0.3, 0.4) is 0 Å². The van der Waals surface area contributed by atoms with Crippen molar-refractivity contribution in [3.8, 4) is 23.0 Å². The quantitative estimate of drug-likeness (QED) is 0.382. The molecule has 1 aromatic heterocycles. The molecule has 0 saturated heterocycles. The zero-order chi connectivity index (χ0) is 25.1. The average molecular weight is 486 g/mol. The number of benzene rings is 3. The molecule has 5 rings (SSSR count). The second-order valence-electron chi connectivity index (χ2n) is 8.40. The Bertz CT molecular complexity index is 1390. The lowest BCUT2D eigenvalue weighted by molar-refractivity contribution is 0.0583. The normalized spacial score (nSPS) is 14.8. The van der Waals surface area contributed by atoms with Crippen LogP contribution >= 0.6 is 0 Å². The molecular weight excluding hydrogens is 458 g/mol. The maximum Gasteiger partial charge on any atom is 0.274 e. The molecule has 0 bridgehead atoms. The lowest BCUT2D eigenvalue weighted by atomic mass is 9.91. The fourth-order valence-corrected chi connectivity index (χ4v) is 4.51. The van der Waals surface area contributed by atoms with Gasteiger partial charge < -0.3 is 23.8 Å². The lowest BCUT2D eigenvalue weighted by Crippen LogP contribution is -2.43. The van der Waals surface area contributed by atoms with Crippen molar-refractivity contribution in [1.82, 2.24) is 14.9 Å². The number of hydrogen-bond donors (Lipinski definition) is 0. The number of amides is 1. The molecule has 36 heavy (non-hydrogen) atoms. The van der Waals surface area contributed by atoms with Crippen LogP contribution < -0.4 is 18.9 Å². The standard InChI is InChI=1S/C28H27N3O5/c1-33-19-8-10-20(11-9-19)36-17-25-21-15-27(35-3)26(34-2)14-18(21)12-13-31(25)28(32)24-16-29-22-6-4-5-7-23(22)30-24/h4-11,14-16,25H,12-13,17H2,1-3H3. The van der Waals surface area contributed by atoms with Gasteiger partial charge in [0.25, 0.3) is 5.91 Å². The molecule has 2 heterocycles. The molecule has 0 saturated carbocycles. The van der Waals surface area contributed by atoms with E-state index in [1.54, 1.807) is 26.2 Å². The molecule has 0 N–H and O–H groups in total. The van der Waals surface area contributed by atoms with Crippen molar-refractivity contribution < 1.29 is 23.7 Å². The molecule has 0 fully saturated rings. The van der Waals surface area contributed by atoms with Crippen molar-refractivity contribution in [1.29, 1.82) is 0 Å². The van der Waals surface area contributed by atoms with E-state index in [4.69, 9.17) is 18.9 Å². The maximum atomic E-state index is 13.7. The van der Waals surface area contributed by atoms with Crippen LogP contribution in [0, 0.1) is 0 Å². The molecule has 1 aliphatic heterocycles. The van der Waals surface area contributed by atoms with Gasteiger partial charge in [-0.15, -0.1) is 0 Å². The third kappa shape index (κ3) is 4.49. The summed E-state index contributed by atoms with van der Waals surface area (Å²) in [5.41, 5.74) is 3.76. The molecule has 184 valence electrons. The van der Waals surface area contributed by atoms with Crippen molar-refractivity contribution >= 4 is 16.9 Å². The van der Waals surface area contributed by atoms with E-state index in [9.17, 15) is 4.79 Å². The largest absolute Gasteiger partial charge is 0.497 e. The van der Waals surface area contributed by atoms with Crippen molar-refractivity contribution in [3.05, 3.63) is 83.7 Å². The van der Waals surface area contributed by atoms with Crippen molar-refractivity contribution in [3.63, 3.8) is 0 Å². The number of carbonyl (C=O) groups is 1. The van der Waals surface area contributed by atoms with Gasteiger partial charge in [0.05, 0.1) is 44.6 Å². The van der Waals surface area contributed by atoms with Gasteiger partial charge in [-0.3, -0.25) is 9.78 Å². The monoisotopic (exact) mass is 485 g/mol.